The first-order chi connectivity index (χ1) is 9.21. The molecule has 1 heterocycles. The van der Waals surface area contributed by atoms with Crippen LogP contribution in [0.4, 0.5) is 4.79 Å². The molecule has 1 saturated heterocycles. The molecule has 0 aromatic carbocycles. The Hall–Kier alpha value is -1.14. The van der Waals surface area contributed by atoms with Crippen LogP contribution in [0.1, 0.15) is 40.5 Å². The summed E-state index contributed by atoms with van der Waals surface area (Å²) in [5, 5.41) is 5.07. The minimum Gasteiger partial charge on any atom is -0.333 e. The average Bonchev–Trinajstić information content (AvgIpc) is 2.28. The maximum atomic E-state index is 11.9. The Balaban J connectivity index is 2.43. The fraction of sp³-hybridized carbons (Fsp3) is 0.857. The number of hydrogen-bond acceptors (Lipinski definition) is 4. The second kappa shape index (κ2) is 7.04. The molecule has 2 unspecified atom stereocenters. The number of nitrogens with two attached hydrogens (primary N) is 1. The second-order valence-corrected chi connectivity index (χ2v) is 6.74. The SMILES string of the molecule is CC1CCN(CC(=O)NC(=O)NC(C)(C)C)C(CN)C1. The molecule has 4 N–H and O–H groups in total. The quantitative estimate of drug-likeness (QED) is 0.711. The Morgan fingerprint density at radius 3 is 2.55 bits per heavy atom. The van der Waals surface area contributed by atoms with Gasteiger partial charge in [-0.25, -0.2) is 4.79 Å². The number of hydrogen-bond donors (Lipinski definition) is 3. The molecule has 1 rings (SSSR count). The van der Waals surface area contributed by atoms with E-state index in [-0.39, 0.29) is 24.0 Å². The van der Waals surface area contributed by atoms with Crippen molar-refractivity contribution in [2.75, 3.05) is 19.6 Å². The summed E-state index contributed by atoms with van der Waals surface area (Å²) in [6, 6.07) is -0.215. The van der Waals surface area contributed by atoms with Gasteiger partial charge in [0.15, 0.2) is 0 Å². The molecule has 0 saturated carbocycles. The molecule has 2 atom stereocenters. The summed E-state index contributed by atoms with van der Waals surface area (Å²) >= 11 is 0. The summed E-state index contributed by atoms with van der Waals surface area (Å²) in [6.07, 6.45) is 2.08. The fourth-order valence-corrected chi connectivity index (χ4v) is 2.48. The molecular formula is C14H28N4O2. The van der Waals surface area contributed by atoms with Crippen LogP contribution in [0.3, 0.4) is 0 Å². The number of piperidine rings is 1. The van der Waals surface area contributed by atoms with Gasteiger partial charge in [-0.05, 0) is 46.1 Å². The standard InChI is InChI=1S/C14H28N4O2/c1-10-5-6-18(11(7-10)8-15)9-12(19)16-13(20)17-14(2,3)4/h10-11H,5-9,15H2,1-4H3,(H2,16,17,19,20). The van der Waals surface area contributed by atoms with Crippen molar-refractivity contribution < 1.29 is 9.59 Å². The van der Waals surface area contributed by atoms with E-state index in [9.17, 15) is 9.59 Å². The third-order valence-corrected chi connectivity index (χ3v) is 3.46. The monoisotopic (exact) mass is 284 g/mol. The smallest absolute Gasteiger partial charge is 0.321 e. The average molecular weight is 284 g/mol. The molecule has 20 heavy (non-hydrogen) atoms. The number of nitrogens with zero attached hydrogens (tertiary/aromatic N) is 1. The van der Waals surface area contributed by atoms with Crippen LogP contribution in [-0.4, -0.2) is 48.1 Å². The molecule has 1 fully saturated rings. The van der Waals surface area contributed by atoms with Gasteiger partial charge in [0.2, 0.25) is 5.91 Å². The van der Waals surface area contributed by atoms with Crippen LogP contribution >= 0.6 is 0 Å². The van der Waals surface area contributed by atoms with Gasteiger partial charge >= 0.3 is 6.03 Å². The highest BCUT2D eigenvalue weighted by Gasteiger charge is 2.27. The third-order valence-electron chi connectivity index (χ3n) is 3.46. The van der Waals surface area contributed by atoms with Gasteiger partial charge in [0, 0.05) is 18.1 Å². The highest BCUT2D eigenvalue weighted by atomic mass is 16.2. The summed E-state index contributed by atoms with van der Waals surface area (Å²) in [5.41, 5.74) is 5.41. The zero-order chi connectivity index (χ0) is 15.3. The van der Waals surface area contributed by atoms with Crippen LogP contribution in [0.15, 0.2) is 0 Å². The largest absolute Gasteiger partial charge is 0.333 e. The van der Waals surface area contributed by atoms with Crippen molar-refractivity contribution in [1.82, 2.24) is 15.5 Å². The zero-order valence-corrected chi connectivity index (χ0v) is 13.0. The Morgan fingerprint density at radius 1 is 1.35 bits per heavy atom. The molecule has 0 aliphatic carbocycles. The molecule has 0 bridgehead atoms. The summed E-state index contributed by atoms with van der Waals surface area (Å²) < 4.78 is 0. The zero-order valence-electron chi connectivity index (χ0n) is 13.0. The minimum atomic E-state index is -0.447. The van der Waals surface area contributed by atoms with Gasteiger partial charge in [0.1, 0.15) is 0 Å². The summed E-state index contributed by atoms with van der Waals surface area (Å²) in [5.74, 6) is 0.367. The molecule has 116 valence electrons. The molecular weight excluding hydrogens is 256 g/mol. The molecule has 0 aromatic heterocycles. The number of urea groups is 1. The van der Waals surface area contributed by atoms with E-state index in [0.29, 0.717) is 12.5 Å². The Bertz CT molecular complexity index is 352. The van der Waals surface area contributed by atoms with Crippen molar-refractivity contribution in [3.63, 3.8) is 0 Å². The van der Waals surface area contributed by atoms with Crippen molar-refractivity contribution in [3.8, 4) is 0 Å². The van der Waals surface area contributed by atoms with E-state index in [1.807, 2.05) is 20.8 Å². The van der Waals surface area contributed by atoms with E-state index in [4.69, 9.17) is 5.73 Å². The van der Waals surface area contributed by atoms with Crippen molar-refractivity contribution in [1.29, 1.82) is 0 Å². The highest BCUT2D eigenvalue weighted by molar-refractivity contribution is 5.95. The van der Waals surface area contributed by atoms with E-state index in [0.717, 1.165) is 19.4 Å². The molecule has 1 aliphatic rings. The third kappa shape index (κ3) is 5.88. The number of rotatable bonds is 3. The van der Waals surface area contributed by atoms with Crippen molar-refractivity contribution in [2.24, 2.45) is 11.7 Å². The summed E-state index contributed by atoms with van der Waals surface area (Å²) in [4.78, 5) is 25.6. The lowest BCUT2D eigenvalue weighted by Crippen LogP contribution is -2.53. The van der Waals surface area contributed by atoms with Crippen molar-refractivity contribution in [3.05, 3.63) is 0 Å². The first-order valence-electron chi connectivity index (χ1n) is 7.27. The molecule has 0 spiro atoms. The van der Waals surface area contributed by atoms with Crippen LogP contribution in [0.25, 0.3) is 0 Å². The van der Waals surface area contributed by atoms with Gasteiger partial charge in [0.25, 0.3) is 0 Å². The van der Waals surface area contributed by atoms with Gasteiger partial charge in [-0.3, -0.25) is 15.0 Å². The second-order valence-electron chi connectivity index (χ2n) is 6.74. The molecule has 1 aliphatic heterocycles. The first kappa shape index (κ1) is 16.9. The normalized spacial score (nSPS) is 24.2. The van der Waals surface area contributed by atoms with Gasteiger partial charge in [0.05, 0.1) is 6.54 Å². The van der Waals surface area contributed by atoms with E-state index >= 15 is 0 Å². The van der Waals surface area contributed by atoms with E-state index in [2.05, 4.69) is 22.5 Å². The predicted octanol–water partition coefficient (Wildman–Crippen LogP) is 0.670. The molecule has 6 heteroatoms. The van der Waals surface area contributed by atoms with Crippen LogP contribution in [-0.2, 0) is 4.79 Å². The lowest BCUT2D eigenvalue weighted by Gasteiger charge is -2.37. The Kier molecular flexibility index (Phi) is 5.95. The van der Waals surface area contributed by atoms with Gasteiger partial charge < -0.3 is 11.1 Å². The van der Waals surface area contributed by atoms with E-state index in [1.165, 1.54) is 0 Å². The maximum Gasteiger partial charge on any atom is 0.321 e. The Morgan fingerprint density at radius 2 is 2.00 bits per heavy atom. The minimum absolute atomic E-state index is 0.228. The fourth-order valence-electron chi connectivity index (χ4n) is 2.48. The van der Waals surface area contributed by atoms with Crippen LogP contribution in [0.5, 0.6) is 0 Å². The number of imide groups is 1. The van der Waals surface area contributed by atoms with Gasteiger partial charge in [-0.15, -0.1) is 0 Å². The number of carbonyl (C=O) groups is 2. The molecule has 0 radical (unpaired) electrons. The lowest BCUT2D eigenvalue weighted by molar-refractivity contribution is -0.122. The van der Waals surface area contributed by atoms with Gasteiger partial charge in [-0.1, -0.05) is 6.92 Å². The Labute approximate surface area is 121 Å². The van der Waals surface area contributed by atoms with Crippen LogP contribution in [0, 0.1) is 5.92 Å². The van der Waals surface area contributed by atoms with E-state index in [1.54, 1.807) is 0 Å². The number of amides is 3. The van der Waals surface area contributed by atoms with Crippen molar-refractivity contribution in [2.45, 2.75) is 52.1 Å². The highest BCUT2D eigenvalue weighted by Crippen LogP contribution is 2.21. The number of likely N-dealkylation sites (tertiary alicyclic amines) is 1. The molecule has 6 nitrogen and oxygen atoms in total. The van der Waals surface area contributed by atoms with E-state index < -0.39 is 6.03 Å². The number of nitrogens with one attached hydrogen (secondary N) is 2. The van der Waals surface area contributed by atoms with Crippen molar-refractivity contribution >= 4 is 11.9 Å². The van der Waals surface area contributed by atoms with Crippen LogP contribution in [0.2, 0.25) is 0 Å². The van der Waals surface area contributed by atoms with Gasteiger partial charge in [-0.2, -0.15) is 0 Å². The topological polar surface area (TPSA) is 87.5 Å². The summed E-state index contributed by atoms with van der Waals surface area (Å²) in [6.45, 7) is 9.45. The number of carbonyl (C=O) groups excluding carboxylic acids is 2. The maximum absolute atomic E-state index is 11.9. The first-order valence-corrected chi connectivity index (χ1v) is 7.27. The predicted molar refractivity (Wildman–Crippen MR) is 79.2 cm³/mol. The summed E-state index contributed by atoms with van der Waals surface area (Å²) in [7, 11) is 0. The lowest BCUT2D eigenvalue weighted by atomic mass is 9.92. The molecule has 3 amide bonds. The van der Waals surface area contributed by atoms with Crippen LogP contribution < -0.4 is 16.4 Å². The molecule has 0 aromatic rings.